The van der Waals surface area contributed by atoms with Crippen LogP contribution in [0.25, 0.3) is 15.6 Å². The molecular formula is C32H35ClFN7O3. The third-order valence-corrected chi connectivity index (χ3v) is 9.01. The Morgan fingerprint density at radius 1 is 1.20 bits per heavy atom. The highest BCUT2D eigenvalue weighted by Crippen LogP contribution is 2.37. The second kappa shape index (κ2) is 12.9. The van der Waals surface area contributed by atoms with Gasteiger partial charge in [-0.3, -0.25) is 9.69 Å². The van der Waals surface area contributed by atoms with Gasteiger partial charge in [0.15, 0.2) is 5.83 Å². The summed E-state index contributed by atoms with van der Waals surface area (Å²) in [5, 5.41) is 2.78. The number of nitrogens with zero attached hydrogens (tertiary/aromatic N) is 7. The lowest BCUT2D eigenvalue weighted by Crippen LogP contribution is -2.57. The molecule has 0 radical (unpaired) electrons. The van der Waals surface area contributed by atoms with Crippen molar-refractivity contribution in [2.75, 3.05) is 75.9 Å². The summed E-state index contributed by atoms with van der Waals surface area (Å²) in [6.07, 6.45) is 0.685. The number of ether oxygens (including phenoxy) is 2. The van der Waals surface area contributed by atoms with E-state index in [4.69, 9.17) is 37.6 Å². The third kappa shape index (κ3) is 6.02. The number of amides is 1. The van der Waals surface area contributed by atoms with Crippen LogP contribution in [-0.4, -0.2) is 104 Å². The van der Waals surface area contributed by atoms with Crippen LogP contribution in [-0.2, 0) is 22.5 Å². The quantitative estimate of drug-likeness (QED) is 0.263. The SMILES string of the molecule is [C-]#[N+]C[C@H]1CN(c2nc(OCCN(C)C3COC3)nc3c2CCN(c2cccc4cccc(Cl)c24)C3)CCN1C(=O)C(=C)F. The van der Waals surface area contributed by atoms with Gasteiger partial charge in [0.25, 0.3) is 5.91 Å². The molecule has 1 aromatic heterocycles. The molecule has 230 valence electrons. The first-order chi connectivity index (χ1) is 21.3. The molecule has 4 heterocycles. The number of benzene rings is 2. The van der Waals surface area contributed by atoms with Crippen LogP contribution >= 0.6 is 11.6 Å². The minimum atomic E-state index is -1.02. The molecule has 2 fully saturated rings. The summed E-state index contributed by atoms with van der Waals surface area (Å²) in [6.45, 7) is 15.5. The second-order valence-electron chi connectivity index (χ2n) is 11.4. The molecule has 44 heavy (non-hydrogen) atoms. The van der Waals surface area contributed by atoms with Gasteiger partial charge in [0.05, 0.1) is 36.5 Å². The number of likely N-dealkylation sites (N-methyl/N-ethyl adjacent to an activating group) is 1. The van der Waals surface area contributed by atoms with Crippen molar-refractivity contribution in [3.8, 4) is 6.01 Å². The molecular weight excluding hydrogens is 585 g/mol. The lowest BCUT2D eigenvalue weighted by Gasteiger charge is -2.41. The molecule has 0 bridgehead atoms. The summed E-state index contributed by atoms with van der Waals surface area (Å²) in [6, 6.07) is 12.3. The summed E-state index contributed by atoms with van der Waals surface area (Å²) in [5.41, 5.74) is 2.92. The van der Waals surface area contributed by atoms with Crippen molar-refractivity contribution >= 4 is 39.8 Å². The summed E-state index contributed by atoms with van der Waals surface area (Å²) in [4.78, 5) is 33.8. The number of rotatable bonds is 9. The van der Waals surface area contributed by atoms with Crippen LogP contribution < -0.4 is 14.5 Å². The molecule has 3 aliphatic heterocycles. The Morgan fingerprint density at radius 2 is 2.00 bits per heavy atom. The van der Waals surface area contributed by atoms with Gasteiger partial charge >= 0.3 is 6.01 Å². The van der Waals surface area contributed by atoms with Gasteiger partial charge < -0.3 is 29.0 Å². The Bertz CT molecular complexity index is 1610. The zero-order valence-corrected chi connectivity index (χ0v) is 25.5. The van der Waals surface area contributed by atoms with E-state index in [0.29, 0.717) is 50.3 Å². The monoisotopic (exact) mass is 619 g/mol. The van der Waals surface area contributed by atoms with Crippen molar-refractivity contribution in [1.29, 1.82) is 0 Å². The second-order valence-corrected chi connectivity index (χ2v) is 11.8. The van der Waals surface area contributed by atoms with Crippen LogP contribution in [0.2, 0.25) is 5.02 Å². The van der Waals surface area contributed by atoms with E-state index in [1.807, 2.05) is 25.2 Å². The molecule has 12 heteroatoms. The average Bonchev–Trinajstić information content (AvgIpc) is 2.99. The summed E-state index contributed by atoms with van der Waals surface area (Å²) < 4.78 is 25.3. The minimum absolute atomic E-state index is 0.0545. The van der Waals surface area contributed by atoms with E-state index in [1.165, 1.54) is 4.90 Å². The lowest BCUT2D eigenvalue weighted by molar-refractivity contribution is -0.131. The van der Waals surface area contributed by atoms with Crippen LogP contribution in [0.3, 0.4) is 0 Å². The van der Waals surface area contributed by atoms with E-state index in [0.717, 1.165) is 53.3 Å². The minimum Gasteiger partial charge on any atom is -0.462 e. The summed E-state index contributed by atoms with van der Waals surface area (Å²) in [5.74, 6) is -1.05. The van der Waals surface area contributed by atoms with Gasteiger partial charge in [-0.1, -0.05) is 42.4 Å². The molecule has 3 aliphatic rings. The normalized spacial score (nSPS) is 18.6. The van der Waals surface area contributed by atoms with Gasteiger partial charge in [0.1, 0.15) is 18.5 Å². The van der Waals surface area contributed by atoms with Crippen LogP contribution in [0.4, 0.5) is 15.9 Å². The first-order valence-corrected chi connectivity index (χ1v) is 15.2. The highest BCUT2D eigenvalue weighted by molar-refractivity contribution is 6.36. The zero-order chi connectivity index (χ0) is 30.8. The van der Waals surface area contributed by atoms with Crippen molar-refractivity contribution in [1.82, 2.24) is 19.8 Å². The van der Waals surface area contributed by atoms with Gasteiger partial charge in [-0.2, -0.15) is 9.97 Å². The predicted molar refractivity (Wildman–Crippen MR) is 168 cm³/mol. The van der Waals surface area contributed by atoms with Crippen molar-refractivity contribution < 1.29 is 18.7 Å². The topological polar surface area (TPSA) is 78.6 Å². The van der Waals surface area contributed by atoms with Crippen LogP contribution in [0.1, 0.15) is 11.3 Å². The van der Waals surface area contributed by atoms with E-state index in [9.17, 15) is 9.18 Å². The maximum atomic E-state index is 13.8. The smallest absolute Gasteiger partial charge is 0.318 e. The molecule has 10 nitrogen and oxygen atoms in total. The molecule has 2 aromatic carbocycles. The highest BCUT2D eigenvalue weighted by Gasteiger charge is 2.36. The number of carbonyl (C=O) groups excluding carboxylic acids is 1. The molecule has 0 aliphatic carbocycles. The van der Waals surface area contributed by atoms with Gasteiger partial charge in [-0.25, -0.2) is 11.0 Å². The number of piperazine rings is 1. The standard InChI is InChI=1S/C32H35ClFN7O3/c1-21(34)31(42)41-13-12-40(17-23(41)16-35-2)30-25-10-11-39(28-9-5-7-22-6-4-8-26(33)29(22)28)18-27(25)36-32(37-30)44-15-14-38(3)24-19-43-20-24/h4-9,23-24H,1,10-20H2,3H3/t23-/m0/s1. The number of carbonyl (C=O) groups is 1. The first kappa shape index (κ1) is 30.1. The number of fused-ring (bicyclic) bond motifs is 2. The number of hydrogen-bond acceptors (Lipinski definition) is 8. The maximum Gasteiger partial charge on any atom is 0.318 e. The van der Waals surface area contributed by atoms with Crippen molar-refractivity contribution in [3.05, 3.63) is 76.5 Å². The van der Waals surface area contributed by atoms with Gasteiger partial charge in [-0.05, 0) is 31.0 Å². The Kier molecular flexibility index (Phi) is 8.84. The number of halogens is 2. The average molecular weight is 620 g/mol. The largest absolute Gasteiger partial charge is 0.462 e. The number of hydrogen-bond donors (Lipinski definition) is 0. The maximum absolute atomic E-state index is 13.8. The summed E-state index contributed by atoms with van der Waals surface area (Å²) >= 11 is 6.68. The molecule has 0 N–H and O–H groups in total. The Balaban J connectivity index is 1.30. The van der Waals surface area contributed by atoms with E-state index < -0.39 is 17.8 Å². The third-order valence-electron chi connectivity index (χ3n) is 8.69. The van der Waals surface area contributed by atoms with E-state index in [2.05, 4.69) is 44.3 Å². The van der Waals surface area contributed by atoms with Crippen molar-refractivity contribution in [2.24, 2.45) is 0 Å². The fraction of sp³-hybridized carbons (Fsp3) is 0.438. The Morgan fingerprint density at radius 3 is 2.73 bits per heavy atom. The number of anilines is 2. The fourth-order valence-electron chi connectivity index (χ4n) is 6.13. The molecule has 1 atom stereocenters. The molecule has 0 saturated carbocycles. The molecule has 2 saturated heterocycles. The zero-order valence-electron chi connectivity index (χ0n) is 24.7. The van der Waals surface area contributed by atoms with E-state index >= 15 is 0 Å². The van der Waals surface area contributed by atoms with Crippen molar-refractivity contribution in [3.63, 3.8) is 0 Å². The first-order valence-electron chi connectivity index (χ1n) is 14.8. The summed E-state index contributed by atoms with van der Waals surface area (Å²) in [7, 11) is 2.05. The lowest BCUT2D eigenvalue weighted by atomic mass is 10.0. The van der Waals surface area contributed by atoms with E-state index in [-0.39, 0.29) is 19.1 Å². The van der Waals surface area contributed by atoms with Crippen LogP contribution in [0.5, 0.6) is 6.01 Å². The number of aromatic nitrogens is 2. The Labute approximate surface area is 261 Å². The predicted octanol–water partition coefficient (Wildman–Crippen LogP) is 3.97. The molecule has 3 aromatic rings. The highest BCUT2D eigenvalue weighted by atomic mass is 35.5. The van der Waals surface area contributed by atoms with Crippen LogP contribution in [0.15, 0.2) is 48.8 Å². The Hall–Kier alpha value is -3.98. The van der Waals surface area contributed by atoms with Gasteiger partial charge in [0, 0.05) is 49.4 Å². The van der Waals surface area contributed by atoms with Crippen molar-refractivity contribution in [2.45, 2.75) is 25.0 Å². The molecule has 0 unspecified atom stereocenters. The fourth-order valence-corrected chi connectivity index (χ4v) is 6.41. The molecule has 6 rings (SSSR count). The molecule has 1 amide bonds. The van der Waals surface area contributed by atoms with Gasteiger partial charge in [0.2, 0.25) is 6.54 Å². The molecule has 0 spiro atoms. The van der Waals surface area contributed by atoms with Crippen LogP contribution in [0, 0.1) is 6.57 Å². The van der Waals surface area contributed by atoms with Gasteiger partial charge in [-0.15, -0.1) is 0 Å². The van der Waals surface area contributed by atoms with E-state index in [1.54, 1.807) is 0 Å².